The molecule has 9 heteroatoms. The molecule has 1 heterocycles. The van der Waals surface area contributed by atoms with Crippen molar-refractivity contribution in [3.05, 3.63) is 64.4 Å². The van der Waals surface area contributed by atoms with E-state index in [2.05, 4.69) is 6.07 Å². The van der Waals surface area contributed by atoms with Crippen molar-refractivity contribution in [2.45, 2.75) is 33.4 Å². The van der Waals surface area contributed by atoms with Crippen LogP contribution >= 0.6 is 0 Å². The van der Waals surface area contributed by atoms with Crippen LogP contribution < -0.4 is 4.90 Å². The van der Waals surface area contributed by atoms with E-state index in [0.717, 1.165) is 23.1 Å². The normalized spacial score (nSPS) is 23.0. The van der Waals surface area contributed by atoms with Crippen LogP contribution in [0.3, 0.4) is 0 Å². The number of allylic oxidation sites excluding steroid dienone is 5. The van der Waals surface area contributed by atoms with Gasteiger partial charge in [0.15, 0.2) is 0 Å². The van der Waals surface area contributed by atoms with Gasteiger partial charge in [-0.25, -0.2) is 4.79 Å². The Balaban J connectivity index is 2.23. The van der Waals surface area contributed by atoms with Gasteiger partial charge < -0.3 is 4.74 Å². The lowest BCUT2D eigenvalue weighted by atomic mass is 9.72. The molecular formula is C25H22F3N3O3. The molecule has 1 aliphatic carbocycles. The fraction of sp³-hybridized carbons (Fsp3) is 0.360. The predicted octanol–water partition coefficient (Wildman–Crippen LogP) is 5.06. The molecule has 3 atom stereocenters. The first kappa shape index (κ1) is 24.8. The number of ether oxygens (including phenoxy) is 1. The maximum Gasteiger partial charge on any atom is 0.416 e. The highest BCUT2D eigenvalue weighted by atomic mass is 19.4. The highest BCUT2D eigenvalue weighted by Gasteiger charge is 2.47. The number of carbonyl (C=O) groups is 2. The molecule has 0 aromatic heterocycles. The first-order valence-corrected chi connectivity index (χ1v) is 10.6. The van der Waals surface area contributed by atoms with Crippen LogP contribution in [0.1, 0.15) is 32.8 Å². The van der Waals surface area contributed by atoms with E-state index in [1.54, 1.807) is 19.1 Å². The highest BCUT2D eigenvalue weighted by molar-refractivity contribution is 6.06. The molecule has 0 fully saturated rings. The Kier molecular flexibility index (Phi) is 6.97. The van der Waals surface area contributed by atoms with Gasteiger partial charge in [-0.3, -0.25) is 9.69 Å². The van der Waals surface area contributed by atoms with Crippen LogP contribution in [0.5, 0.6) is 0 Å². The van der Waals surface area contributed by atoms with Crippen molar-refractivity contribution < 1.29 is 27.5 Å². The van der Waals surface area contributed by atoms with E-state index in [-0.39, 0.29) is 29.5 Å². The summed E-state index contributed by atoms with van der Waals surface area (Å²) in [5.41, 5.74) is 0.216. The maximum absolute atomic E-state index is 13.5. The van der Waals surface area contributed by atoms with Crippen LogP contribution in [-0.4, -0.2) is 18.5 Å². The smallest absolute Gasteiger partial charge is 0.416 e. The zero-order valence-corrected chi connectivity index (χ0v) is 18.8. The Morgan fingerprint density at radius 1 is 1.26 bits per heavy atom. The average Bonchev–Trinajstić information content (AvgIpc) is 2.78. The predicted molar refractivity (Wildman–Crippen MR) is 116 cm³/mol. The number of halogens is 3. The molecule has 2 aliphatic rings. The van der Waals surface area contributed by atoms with Crippen LogP contribution in [0.2, 0.25) is 0 Å². The van der Waals surface area contributed by atoms with Crippen LogP contribution in [0, 0.1) is 40.4 Å². The second kappa shape index (κ2) is 9.56. The number of esters is 1. The van der Waals surface area contributed by atoms with Crippen molar-refractivity contribution in [2.24, 2.45) is 17.8 Å². The van der Waals surface area contributed by atoms with Crippen molar-refractivity contribution in [1.82, 2.24) is 0 Å². The molecule has 34 heavy (non-hydrogen) atoms. The monoisotopic (exact) mass is 469 g/mol. The fourth-order valence-corrected chi connectivity index (χ4v) is 4.38. The van der Waals surface area contributed by atoms with Gasteiger partial charge in [0.05, 0.1) is 29.9 Å². The Morgan fingerprint density at radius 3 is 2.53 bits per heavy atom. The molecule has 3 unspecified atom stereocenters. The van der Waals surface area contributed by atoms with Gasteiger partial charge in [0, 0.05) is 22.9 Å². The van der Waals surface area contributed by atoms with Crippen LogP contribution in [0.15, 0.2) is 58.8 Å². The van der Waals surface area contributed by atoms with Crippen LogP contribution in [-0.2, 0) is 20.5 Å². The van der Waals surface area contributed by atoms with Crippen molar-refractivity contribution in [3.8, 4) is 12.1 Å². The van der Waals surface area contributed by atoms with Crippen molar-refractivity contribution in [1.29, 1.82) is 10.5 Å². The van der Waals surface area contributed by atoms with E-state index in [0.29, 0.717) is 17.6 Å². The minimum atomic E-state index is -4.64. The number of alkyl halides is 3. The quantitative estimate of drug-likeness (QED) is 0.575. The third-order valence-electron chi connectivity index (χ3n) is 6.00. The molecule has 1 aromatic rings. The molecule has 0 spiro atoms. The number of benzene rings is 1. The summed E-state index contributed by atoms with van der Waals surface area (Å²) >= 11 is 0. The molecule has 0 bridgehead atoms. The van der Waals surface area contributed by atoms with E-state index in [1.165, 1.54) is 13.0 Å². The number of amides is 1. The minimum Gasteiger partial charge on any atom is -0.463 e. The minimum absolute atomic E-state index is 0.0327. The molecule has 0 saturated heterocycles. The summed E-state index contributed by atoms with van der Waals surface area (Å²) in [4.78, 5) is 27.5. The van der Waals surface area contributed by atoms with Gasteiger partial charge in [-0.05, 0) is 50.5 Å². The summed E-state index contributed by atoms with van der Waals surface area (Å²) in [7, 11) is 0. The van der Waals surface area contributed by atoms with Crippen LogP contribution in [0.25, 0.3) is 0 Å². The molecular weight excluding hydrogens is 447 g/mol. The Bertz CT molecular complexity index is 1200. The van der Waals surface area contributed by atoms with Gasteiger partial charge in [0.25, 0.3) is 0 Å². The molecule has 0 saturated carbocycles. The SMILES string of the molecule is CCOC(=O)C1=C(C)N(c2cccc(C(F)(F)F)c2)C(=O)C(C#N)C1C1=CC=C(C#N)C(C)C1. The number of hydrogen-bond donors (Lipinski definition) is 0. The summed E-state index contributed by atoms with van der Waals surface area (Å²) in [5.74, 6) is -3.99. The second-order valence-electron chi connectivity index (χ2n) is 8.11. The van der Waals surface area contributed by atoms with E-state index in [1.807, 2.05) is 13.0 Å². The standard InChI is InChI=1S/C25H22F3N3O3/c1-4-34-24(33)21-15(3)31(19-7-5-6-18(11-19)25(26,27)28)23(32)20(13-30)22(21)16-8-9-17(12-29)14(2)10-16/h5-9,11,14,20,22H,4,10H2,1-3H3. The van der Waals surface area contributed by atoms with E-state index < -0.39 is 35.5 Å². The average molecular weight is 469 g/mol. The van der Waals surface area contributed by atoms with Gasteiger partial charge in [0.2, 0.25) is 5.91 Å². The zero-order chi connectivity index (χ0) is 25.2. The number of hydrogen-bond acceptors (Lipinski definition) is 5. The Hall–Kier alpha value is -3.85. The van der Waals surface area contributed by atoms with E-state index >= 15 is 0 Å². The topological polar surface area (TPSA) is 94.2 Å². The molecule has 6 nitrogen and oxygen atoms in total. The molecule has 176 valence electrons. The van der Waals surface area contributed by atoms with Gasteiger partial charge in [-0.1, -0.05) is 24.6 Å². The molecule has 0 N–H and O–H groups in total. The number of rotatable bonds is 4. The third-order valence-corrected chi connectivity index (χ3v) is 6.00. The lowest BCUT2D eigenvalue weighted by Gasteiger charge is -2.39. The van der Waals surface area contributed by atoms with E-state index in [9.17, 15) is 33.3 Å². The maximum atomic E-state index is 13.5. The lowest BCUT2D eigenvalue weighted by molar-refractivity contribution is -0.140. The van der Waals surface area contributed by atoms with Crippen molar-refractivity contribution >= 4 is 17.6 Å². The number of anilines is 1. The van der Waals surface area contributed by atoms with Crippen LogP contribution in [0.4, 0.5) is 18.9 Å². The number of nitrogens with zero attached hydrogens (tertiary/aromatic N) is 3. The summed E-state index contributed by atoms with van der Waals surface area (Å²) in [5, 5.41) is 19.2. The third kappa shape index (κ3) is 4.47. The Labute approximate surface area is 195 Å². The molecule has 3 rings (SSSR count). The second-order valence-corrected chi connectivity index (χ2v) is 8.11. The number of carbonyl (C=O) groups excluding carboxylic acids is 2. The highest BCUT2D eigenvalue weighted by Crippen LogP contribution is 2.44. The summed E-state index contributed by atoms with van der Waals surface area (Å²) in [6, 6.07) is 8.22. The summed E-state index contributed by atoms with van der Waals surface area (Å²) in [6.45, 7) is 4.91. The van der Waals surface area contributed by atoms with E-state index in [4.69, 9.17) is 4.74 Å². The number of nitriles is 2. The lowest BCUT2D eigenvalue weighted by Crippen LogP contribution is -2.46. The fourth-order valence-electron chi connectivity index (χ4n) is 4.38. The first-order valence-electron chi connectivity index (χ1n) is 10.6. The largest absolute Gasteiger partial charge is 0.463 e. The first-order chi connectivity index (χ1) is 16.0. The Morgan fingerprint density at radius 2 is 1.97 bits per heavy atom. The van der Waals surface area contributed by atoms with Gasteiger partial charge in [-0.15, -0.1) is 0 Å². The summed E-state index contributed by atoms with van der Waals surface area (Å²) in [6.07, 6.45) is -1.07. The zero-order valence-electron chi connectivity index (χ0n) is 18.8. The molecule has 0 radical (unpaired) electrons. The van der Waals surface area contributed by atoms with Gasteiger partial charge >= 0.3 is 12.1 Å². The van der Waals surface area contributed by atoms with Crippen molar-refractivity contribution in [3.63, 3.8) is 0 Å². The molecule has 1 aromatic carbocycles. The summed E-state index contributed by atoms with van der Waals surface area (Å²) < 4.78 is 45.1. The van der Waals surface area contributed by atoms with Gasteiger partial charge in [-0.2, -0.15) is 23.7 Å². The van der Waals surface area contributed by atoms with Crippen molar-refractivity contribution in [2.75, 3.05) is 11.5 Å². The molecule has 1 aliphatic heterocycles. The molecule has 1 amide bonds. The van der Waals surface area contributed by atoms with Gasteiger partial charge in [0.1, 0.15) is 5.92 Å².